The number of hydrogen-bond donors (Lipinski definition) is 1. The van der Waals surface area contributed by atoms with Crippen molar-refractivity contribution in [3.05, 3.63) is 65.2 Å². The van der Waals surface area contributed by atoms with E-state index in [-0.39, 0.29) is 35.9 Å². The van der Waals surface area contributed by atoms with Gasteiger partial charge >= 0.3 is 0 Å². The molecular formula is C23H27N3O5S. The summed E-state index contributed by atoms with van der Waals surface area (Å²) >= 11 is 0. The Bertz CT molecular complexity index is 1150. The zero-order chi connectivity index (χ0) is 23.5. The normalized spacial score (nSPS) is 15.2. The zero-order valence-corrected chi connectivity index (χ0v) is 19.2. The summed E-state index contributed by atoms with van der Waals surface area (Å²) in [5.41, 5.74) is 1.98. The van der Waals surface area contributed by atoms with Crippen molar-refractivity contribution in [1.29, 1.82) is 0 Å². The van der Waals surface area contributed by atoms with E-state index in [9.17, 15) is 22.8 Å². The van der Waals surface area contributed by atoms with Gasteiger partial charge < -0.3 is 10.2 Å². The number of rotatable bonds is 8. The van der Waals surface area contributed by atoms with E-state index in [1.165, 1.54) is 17.0 Å². The van der Waals surface area contributed by atoms with Crippen LogP contribution in [0.15, 0.2) is 53.4 Å². The molecule has 1 aliphatic heterocycles. The molecule has 1 aliphatic rings. The Kier molecular flexibility index (Phi) is 6.98. The number of likely N-dealkylation sites (N-methyl/N-ethyl adjacent to an activating group) is 1. The summed E-state index contributed by atoms with van der Waals surface area (Å²) in [6.45, 7) is 5.69. The fourth-order valence-electron chi connectivity index (χ4n) is 3.70. The van der Waals surface area contributed by atoms with Crippen molar-refractivity contribution in [2.45, 2.75) is 44.7 Å². The van der Waals surface area contributed by atoms with Gasteiger partial charge in [-0.05, 0) is 38.5 Å². The molecule has 1 unspecified atom stereocenters. The third-order valence-electron chi connectivity index (χ3n) is 5.39. The number of hydrogen-bond acceptors (Lipinski definition) is 5. The highest BCUT2D eigenvalue weighted by Gasteiger charge is 2.41. The molecule has 0 aromatic heterocycles. The van der Waals surface area contributed by atoms with Gasteiger partial charge in [0.2, 0.25) is 11.8 Å². The Balaban J connectivity index is 1.79. The number of amides is 3. The van der Waals surface area contributed by atoms with Gasteiger partial charge in [0.25, 0.3) is 15.9 Å². The Morgan fingerprint density at radius 2 is 1.84 bits per heavy atom. The van der Waals surface area contributed by atoms with Crippen LogP contribution in [0.3, 0.4) is 0 Å². The minimum absolute atomic E-state index is 0.0512. The first-order valence-corrected chi connectivity index (χ1v) is 11.9. The van der Waals surface area contributed by atoms with Crippen LogP contribution in [0.25, 0.3) is 0 Å². The van der Waals surface area contributed by atoms with Gasteiger partial charge in [0, 0.05) is 26.1 Å². The number of sulfonamides is 1. The van der Waals surface area contributed by atoms with Gasteiger partial charge in [0.15, 0.2) is 0 Å². The van der Waals surface area contributed by atoms with Crippen LogP contribution >= 0.6 is 0 Å². The maximum Gasteiger partial charge on any atom is 0.269 e. The Hall–Kier alpha value is -3.20. The average Bonchev–Trinajstić information content (AvgIpc) is 2.95. The molecule has 0 bridgehead atoms. The molecule has 2 aromatic rings. The minimum atomic E-state index is -3.99. The van der Waals surface area contributed by atoms with E-state index in [1.807, 2.05) is 31.2 Å². The van der Waals surface area contributed by atoms with Gasteiger partial charge in [-0.1, -0.05) is 42.0 Å². The largest absolute Gasteiger partial charge is 0.355 e. The number of carbonyl (C=O) groups is 3. The molecular weight excluding hydrogens is 430 g/mol. The van der Waals surface area contributed by atoms with Gasteiger partial charge in [-0.2, -0.15) is 0 Å². The number of nitrogens with one attached hydrogen (secondary N) is 1. The van der Waals surface area contributed by atoms with Crippen molar-refractivity contribution in [2.24, 2.45) is 0 Å². The fraction of sp³-hybridized carbons (Fsp3) is 0.348. The van der Waals surface area contributed by atoms with E-state index in [2.05, 4.69) is 5.32 Å². The molecule has 32 heavy (non-hydrogen) atoms. The summed E-state index contributed by atoms with van der Waals surface area (Å²) in [6, 6.07) is 12.8. The quantitative estimate of drug-likeness (QED) is 0.654. The van der Waals surface area contributed by atoms with Crippen LogP contribution in [0.1, 0.15) is 41.8 Å². The van der Waals surface area contributed by atoms with Crippen LogP contribution in [0.4, 0.5) is 0 Å². The lowest BCUT2D eigenvalue weighted by Crippen LogP contribution is -2.48. The van der Waals surface area contributed by atoms with Crippen LogP contribution in [0.2, 0.25) is 0 Å². The molecule has 0 saturated carbocycles. The number of nitrogens with zero attached hydrogens (tertiary/aromatic N) is 2. The van der Waals surface area contributed by atoms with Gasteiger partial charge in [-0.25, -0.2) is 12.7 Å². The standard InChI is InChI=1S/C23H27N3O5S/c1-4-24-22(28)17(3)25(15-18-9-7-8-16(2)14-18)21(27)12-13-26-23(29)19-10-5-6-11-20(19)32(26,30)31/h5-11,14,17H,4,12-13,15H2,1-3H3,(H,24,28). The second-order valence-corrected chi connectivity index (χ2v) is 9.54. The summed E-state index contributed by atoms with van der Waals surface area (Å²) in [6.07, 6.45) is -0.228. The van der Waals surface area contributed by atoms with Crippen molar-refractivity contribution >= 4 is 27.7 Å². The summed E-state index contributed by atoms with van der Waals surface area (Å²) in [4.78, 5) is 39.6. The monoisotopic (exact) mass is 457 g/mol. The summed E-state index contributed by atoms with van der Waals surface area (Å²) in [5, 5.41) is 2.71. The molecule has 0 saturated heterocycles. The molecule has 1 N–H and O–H groups in total. The summed E-state index contributed by atoms with van der Waals surface area (Å²) in [7, 11) is -3.99. The first kappa shape index (κ1) is 23.5. The lowest BCUT2D eigenvalue weighted by atomic mass is 10.1. The average molecular weight is 458 g/mol. The smallest absolute Gasteiger partial charge is 0.269 e. The predicted molar refractivity (Wildman–Crippen MR) is 119 cm³/mol. The predicted octanol–water partition coefficient (Wildman–Crippen LogP) is 2.08. The zero-order valence-electron chi connectivity index (χ0n) is 18.4. The first-order chi connectivity index (χ1) is 15.2. The summed E-state index contributed by atoms with van der Waals surface area (Å²) in [5.74, 6) is -1.36. The molecule has 0 radical (unpaired) electrons. The highest BCUT2D eigenvalue weighted by molar-refractivity contribution is 7.90. The van der Waals surface area contributed by atoms with E-state index in [4.69, 9.17) is 0 Å². The molecule has 8 nitrogen and oxygen atoms in total. The van der Waals surface area contributed by atoms with Gasteiger partial charge in [-0.3, -0.25) is 14.4 Å². The maximum absolute atomic E-state index is 13.1. The van der Waals surface area contributed by atoms with Crippen LogP contribution in [-0.2, 0) is 26.2 Å². The first-order valence-electron chi connectivity index (χ1n) is 10.5. The number of carbonyl (C=O) groups excluding carboxylic acids is 3. The lowest BCUT2D eigenvalue weighted by Gasteiger charge is -2.29. The summed E-state index contributed by atoms with van der Waals surface area (Å²) < 4.78 is 26.2. The van der Waals surface area contributed by atoms with E-state index in [0.29, 0.717) is 6.54 Å². The van der Waals surface area contributed by atoms with E-state index >= 15 is 0 Å². The van der Waals surface area contributed by atoms with Crippen molar-refractivity contribution in [3.63, 3.8) is 0 Å². The van der Waals surface area contributed by atoms with Crippen molar-refractivity contribution in [2.75, 3.05) is 13.1 Å². The van der Waals surface area contributed by atoms with Crippen LogP contribution in [0, 0.1) is 6.92 Å². The Labute approximate surface area is 188 Å². The third-order valence-corrected chi connectivity index (χ3v) is 7.23. The maximum atomic E-state index is 13.1. The molecule has 1 heterocycles. The molecule has 3 amide bonds. The Morgan fingerprint density at radius 3 is 2.50 bits per heavy atom. The second kappa shape index (κ2) is 9.52. The van der Waals surface area contributed by atoms with Crippen LogP contribution in [-0.4, -0.2) is 54.5 Å². The van der Waals surface area contributed by atoms with Gasteiger partial charge in [0.05, 0.1) is 5.56 Å². The second-order valence-electron chi connectivity index (χ2n) is 7.71. The number of fused-ring (bicyclic) bond motifs is 1. The molecule has 0 fully saturated rings. The molecule has 2 aromatic carbocycles. The van der Waals surface area contributed by atoms with Crippen molar-refractivity contribution < 1.29 is 22.8 Å². The third kappa shape index (κ3) is 4.67. The SMILES string of the molecule is CCNC(=O)C(C)N(Cc1cccc(C)c1)C(=O)CCN1C(=O)c2ccccc2S1(=O)=O. The highest BCUT2D eigenvalue weighted by atomic mass is 32.2. The molecule has 3 rings (SSSR count). The topological polar surface area (TPSA) is 104 Å². The van der Waals surface area contributed by atoms with Crippen molar-refractivity contribution in [1.82, 2.24) is 14.5 Å². The van der Waals surface area contributed by atoms with E-state index in [0.717, 1.165) is 15.4 Å². The highest BCUT2D eigenvalue weighted by Crippen LogP contribution is 2.30. The fourth-order valence-corrected chi connectivity index (χ4v) is 5.27. The number of benzene rings is 2. The van der Waals surface area contributed by atoms with Crippen LogP contribution in [0.5, 0.6) is 0 Å². The van der Waals surface area contributed by atoms with Crippen LogP contribution < -0.4 is 5.32 Å². The molecule has 0 aliphatic carbocycles. The van der Waals surface area contributed by atoms with E-state index < -0.39 is 27.9 Å². The van der Waals surface area contributed by atoms with Gasteiger partial charge in [-0.15, -0.1) is 0 Å². The molecule has 170 valence electrons. The molecule has 9 heteroatoms. The molecule has 0 spiro atoms. The molecule has 1 atom stereocenters. The van der Waals surface area contributed by atoms with E-state index in [1.54, 1.807) is 26.0 Å². The van der Waals surface area contributed by atoms with Gasteiger partial charge in [0.1, 0.15) is 10.9 Å². The van der Waals surface area contributed by atoms with Crippen molar-refractivity contribution in [3.8, 4) is 0 Å². The Morgan fingerprint density at radius 1 is 1.12 bits per heavy atom. The minimum Gasteiger partial charge on any atom is -0.355 e. The number of aryl methyl sites for hydroxylation is 1. The lowest BCUT2D eigenvalue weighted by molar-refractivity contribution is -0.140.